The molecule has 0 radical (unpaired) electrons. The highest BCUT2D eigenvalue weighted by Gasteiger charge is 2.39. The SMILES string of the molecule is O=C([O-])c1ccc2c(c1)[C@H]1C=CC[C@H]1[C@H](c1c(F)cccc1Cl)N2. The zero-order valence-corrected chi connectivity index (χ0v) is 13.4. The van der Waals surface area contributed by atoms with Gasteiger partial charge in [-0.1, -0.05) is 35.9 Å². The van der Waals surface area contributed by atoms with Gasteiger partial charge in [-0.05, 0) is 47.7 Å². The van der Waals surface area contributed by atoms with Gasteiger partial charge >= 0.3 is 0 Å². The van der Waals surface area contributed by atoms with Crippen molar-refractivity contribution < 1.29 is 14.3 Å². The Hall–Kier alpha value is -2.33. The molecule has 0 aromatic heterocycles. The van der Waals surface area contributed by atoms with Crippen molar-refractivity contribution >= 4 is 23.3 Å². The van der Waals surface area contributed by atoms with E-state index in [2.05, 4.69) is 17.5 Å². The monoisotopic (exact) mass is 342 g/mol. The molecule has 0 spiro atoms. The molecule has 0 fully saturated rings. The summed E-state index contributed by atoms with van der Waals surface area (Å²) in [4.78, 5) is 11.1. The van der Waals surface area contributed by atoms with E-state index in [1.807, 2.05) is 0 Å². The van der Waals surface area contributed by atoms with Crippen LogP contribution < -0.4 is 10.4 Å². The van der Waals surface area contributed by atoms with Crippen LogP contribution in [0.15, 0.2) is 48.6 Å². The molecule has 0 saturated heterocycles. The third-order valence-electron chi connectivity index (χ3n) is 4.91. The summed E-state index contributed by atoms with van der Waals surface area (Å²) in [7, 11) is 0. The third-order valence-corrected chi connectivity index (χ3v) is 5.24. The van der Waals surface area contributed by atoms with Crippen LogP contribution in [-0.2, 0) is 0 Å². The van der Waals surface area contributed by atoms with Crippen LogP contribution in [0.2, 0.25) is 5.02 Å². The van der Waals surface area contributed by atoms with Gasteiger partial charge in [0.15, 0.2) is 0 Å². The summed E-state index contributed by atoms with van der Waals surface area (Å²) in [6.07, 6.45) is 4.90. The summed E-state index contributed by atoms with van der Waals surface area (Å²) in [6.45, 7) is 0. The largest absolute Gasteiger partial charge is 0.545 e. The Bertz CT molecular complexity index is 844. The van der Waals surface area contributed by atoms with Crippen molar-refractivity contribution in [3.8, 4) is 0 Å². The lowest BCUT2D eigenvalue weighted by Crippen LogP contribution is -2.30. The number of anilines is 1. The van der Waals surface area contributed by atoms with Crippen LogP contribution in [0, 0.1) is 11.7 Å². The number of halogens is 2. The lowest BCUT2D eigenvalue weighted by atomic mass is 9.76. The molecule has 1 heterocycles. The summed E-state index contributed by atoms with van der Waals surface area (Å²) < 4.78 is 14.4. The van der Waals surface area contributed by atoms with Gasteiger partial charge in [0.1, 0.15) is 5.82 Å². The van der Waals surface area contributed by atoms with Gasteiger partial charge in [0.25, 0.3) is 0 Å². The number of nitrogens with one attached hydrogen (secondary N) is 1. The van der Waals surface area contributed by atoms with Crippen molar-refractivity contribution in [2.24, 2.45) is 5.92 Å². The molecule has 2 aromatic rings. The number of benzene rings is 2. The van der Waals surface area contributed by atoms with Crippen molar-refractivity contribution in [2.45, 2.75) is 18.4 Å². The molecule has 3 atom stereocenters. The normalized spacial score (nSPS) is 24.2. The van der Waals surface area contributed by atoms with Gasteiger partial charge < -0.3 is 15.2 Å². The predicted octanol–water partition coefficient (Wildman–Crippen LogP) is 3.67. The fraction of sp³-hybridized carbons (Fsp3) is 0.211. The molecule has 5 heteroatoms. The quantitative estimate of drug-likeness (QED) is 0.847. The Morgan fingerprint density at radius 3 is 2.88 bits per heavy atom. The first-order valence-electron chi connectivity index (χ1n) is 7.78. The first kappa shape index (κ1) is 15.2. The number of carboxylic acid groups (broad SMARTS) is 1. The highest BCUT2D eigenvalue weighted by molar-refractivity contribution is 6.31. The highest BCUT2D eigenvalue weighted by Crippen LogP contribution is 2.51. The molecule has 1 aliphatic heterocycles. The summed E-state index contributed by atoms with van der Waals surface area (Å²) in [5.41, 5.74) is 2.32. The van der Waals surface area contributed by atoms with E-state index >= 15 is 0 Å². The maximum absolute atomic E-state index is 14.4. The molecule has 1 aliphatic carbocycles. The number of hydrogen-bond donors (Lipinski definition) is 1. The molecule has 4 rings (SSSR count). The minimum atomic E-state index is -1.20. The van der Waals surface area contributed by atoms with Crippen LogP contribution >= 0.6 is 11.6 Å². The lowest BCUT2D eigenvalue weighted by Gasteiger charge is -2.38. The molecule has 24 heavy (non-hydrogen) atoms. The van der Waals surface area contributed by atoms with Crippen molar-refractivity contribution in [3.63, 3.8) is 0 Å². The first-order chi connectivity index (χ1) is 11.6. The molecule has 1 N–H and O–H groups in total. The fourth-order valence-corrected chi connectivity index (χ4v) is 4.10. The molecule has 3 nitrogen and oxygen atoms in total. The summed E-state index contributed by atoms with van der Waals surface area (Å²) in [6, 6.07) is 9.28. The van der Waals surface area contributed by atoms with Gasteiger partial charge in [0.2, 0.25) is 0 Å². The average molecular weight is 343 g/mol. The number of hydrogen-bond acceptors (Lipinski definition) is 3. The lowest BCUT2D eigenvalue weighted by molar-refractivity contribution is -0.255. The standard InChI is InChI=1S/C19H15ClFNO2/c20-14-5-2-6-15(21)17(14)18-12-4-1-3-11(12)13-9-10(19(23)24)7-8-16(13)22-18/h1-3,5-9,11-12,18,22H,4H2,(H,23,24)/p-1/t11-,12+,18+/m0/s1. The Kier molecular flexibility index (Phi) is 3.57. The Morgan fingerprint density at radius 1 is 1.29 bits per heavy atom. The molecule has 0 amide bonds. The minimum Gasteiger partial charge on any atom is -0.545 e. The molecular weight excluding hydrogens is 329 g/mol. The average Bonchev–Trinajstić information content (AvgIpc) is 3.04. The number of aromatic carboxylic acids is 1. The Balaban J connectivity index is 1.83. The second-order valence-corrected chi connectivity index (χ2v) is 6.61. The van der Waals surface area contributed by atoms with Crippen LogP contribution in [0.1, 0.15) is 39.9 Å². The minimum absolute atomic E-state index is 0.0289. The number of carbonyl (C=O) groups is 1. The Labute approximate surface area is 143 Å². The fourth-order valence-electron chi connectivity index (χ4n) is 3.81. The van der Waals surface area contributed by atoms with Gasteiger partial charge in [-0.2, -0.15) is 0 Å². The van der Waals surface area contributed by atoms with Gasteiger partial charge in [0, 0.05) is 22.2 Å². The molecule has 0 saturated carbocycles. The number of rotatable bonds is 2. The van der Waals surface area contributed by atoms with E-state index in [0.29, 0.717) is 10.6 Å². The topological polar surface area (TPSA) is 52.2 Å². The molecular formula is C19H14ClFNO2-. The van der Waals surface area contributed by atoms with Crippen molar-refractivity contribution in [1.82, 2.24) is 0 Å². The van der Waals surface area contributed by atoms with E-state index < -0.39 is 5.97 Å². The molecule has 2 aliphatic rings. The number of fused-ring (bicyclic) bond motifs is 3. The zero-order valence-electron chi connectivity index (χ0n) is 12.6. The molecule has 0 bridgehead atoms. The number of allylic oxidation sites excluding steroid dienone is 2. The van der Waals surface area contributed by atoms with Gasteiger partial charge in [-0.3, -0.25) is 0 Å². The second-order valence-electron chi connectivity index (χ2n) is 6.20. The number of carbonyl (C=O) groups excluding carboxylic acids is 1. The predicted molar refractivity (Wildman–Crippen MR) is 88.5 cm³/mol. The first-order valence-corrected chi connectivity index (χ1v) is 8.16. The van der Waals surface area contributed by atoms with Gasteiger partial charge in [0.05, 0.1) is 12.0 Å². The van der Waals surface area contributed by atoms with Crippen molar-refractivity contribution in [2.75, 3.05) is 5.32 Å². The van der Waals surface area contributed by atoms with E-state index in [9.17, 15) is 14.3 Å². The summed E-state index contributed by atoms with van der Waals surface area (Å²) in [5, 5.41) is 14.9. The zero-order chi connectivity index (χ0) is 16.8. The molecule has 122 valence electrons. The summed E-state index contributed by atoms with van der Waals surface area (Å²) in [5.74, 6) is -1.42. The van der Waals surface area contributed by atoms with Crippen LogP contribution in [0.4, 0.5) is 10.1 Å². The van der Waals surface area contributed by atoms with Crippen LogP contribution in [0.3, 0.4) is 0 Å². The van der Waals surface area contributed by atoms with Crippen molar-refractivity contribution in [3.05, 3.63) is 76.1 Å². The van der Waals surface area contributed by atoms with Crippen LogP contribution in [0.25, 0.3) is 0 Å². The van der Waals surface area contributed by atoms with E-state index in [1.165, 1.54) is 12.1 Å². The third kappa shape index (κ3) is 2.29. The second kappa shape index (κ2) is 5.64. The molecule has 0 unspecified atom stereocenters. The van der Waals surface area contributed by atoms with E-state index in [4.69, 9.17) is 11.6 Å². The highest BCUT2D eigenvalue weighted by atomic mass is 35.5. The van der Waals surface area contributed by atoms with Crippen LogP contribution in [-0.4, -0.2) is 5.97 Å². The smallest absolute Gasteiger partial charge is 0.129 e. The Morgan fingerprint density at radius 2 is 2.12 bits per heavy atom. The maximum Gasteiger partial charge on any atom is 0.129 e. The number of carboxylic acids is 1. The maximum atomic E-state index is 14.4. The summed E-state index contributed by atoms with van der Waals surface area (Å²) >= 11 is 6.26. The van der Waals surface area contributed by atoms with Gasteiger partial charge in [-0.25, -0.2) is 4.39 Å². The van der Waals surface area contributed by atoms with E-state index in [-0.39, 0.29) is 29.3 Å². The van der Waals surface area contributed by atoms with E-state index in [0.717, 1.165) is 17.7 Å². The van der Waals surface area contributed by atoms with Gasteiger partial charge in [-0.15, -0.1) is 0 Å². The van der Waals surface area contributed by atoms with Crippen molar-refractivity contribution in [1.29, 1.82) is 0 Å². The van der Waals surface area contributed by atoms with E-state index in [1.54, 1.807) is 24.3 Å². The molecule has 2 aromatic carbocycles. The van der Waals surface area contributed by atoms with Crippen LogP contribution in [0.5, 0.6) is 0 Å².